The standard InChI is InChI=1S/C20H26N4O8S/c1-4-31-19(27)18-12(2)22-20(28)24-16(18)11-32-17(26)9-10-21-33(29,30)15-7-5-14(6-8-15)23-13(3)25/h5-8,12,21H,4,9-11H2,1-3H3,(H,23,25)(H2,22,24,28)/t12-/m1/s1. The van der Waals surface area contributed by atoms with E-state index in [4.69, 9.17) is 9.47 Å². The second-order valence-corrected chi connectivity index (χ2v) is 8.71. The molecule has 0 aliphatic carbocycles. The number of hydrogen-bond acceptors (Lipinski definition) is 8. The molecule has 12 nitrogen and oxygen atoms in total. The molecular weight excluding hydrogens is 456 g/mol. The van der Waals surface area contributed by atoms with Gasteiger partial charge >= 0.3 is 18.0 Å². The summed E-state index contributed by atoms with van der Waals surface area (Å²) in [6, 6.07) is 4.31. The van der Waals surface area contributed by atoms with Gasteiger partial charge in [-0.3, -0.25) is 9.59 Å². The van der Waals surface area contributed by atoms with Crippen molar-refractivity contribution in [3.63, 3.8) is 0 Å². The molecule has 0 unspecified atom stereocenters. The van der Waals surface area contributed by atoms with E-state index in [9.17, 15) is 27.6 Å². The van der Waals surface area contributed by atoms with E-state index in [-0.39, 0.29) is 48.3 Å². The van der Waals surface area contributed by atoms with Gasteiger partial charge in [0.1, 0.15) is 6.61 Å². The molecule has 0 saturated heterocycles. The summed E-state index contributed by atoms with van der Waals surface area (Å²) in [5.41, 5.74) is 0.673. The zero-order valence-corrected chi connectivity index (χ0v) is 19.2. The molecule has 0 bridgehead atoms. The van der Waals surface area contributed by atoms with Crippen molar-refractivity contribution in [1.29, 1.82) is 0 Å². The number of hydrogen-bond donors (Lipinski definition) is 4. The SMILES string of the molecule is CCOC(=O)C1=C(COC(=O)CCNS(=O)(=O)c2ccc(NC(C)=O)cc2)NC(=O)N[C@@H]1C. The number of ether oxygens (including phenoxy) is 2. The average Bonchev–Trinajstić information content (AvgIpc) is 2.71. The van der Waals surface area contributed by atoms with Crippen LogP contribution in [0.15, 0.2) is 40.4 Å². The number of carbonyl (C=O) groups is 4. The van der Waals surface area contributed by atoms with Crippen molar-refractivity contribution < 1.29 is 37.1 Å². The molecule has 180 valence electrons. The zero-order chi connectivity index (χ0) is 24.6. The third-order valence-electron chi connectivity index (χ3n) is 4.35. The average molecular weight is 483 g/mol. The van der Waals surface area contributed by atoms with Crippen LogP contribution >= 0.6 is 0 Å². The van der Waals surface area contributed by atoms with Crippen molar-refractivity contribution in [3.05, 3.63) is 35.5 Å². The third-order valence-corrected chi connectivity index (χ3v) is 5.83. The highest BCUT2D eigenvalue weighted by atomic mass is 32.2. The van der Waals surface area contributed by atoms with E-state index in [1.807, 2.05) is 0 Å². The summed E-state index contributed by atoms with van der Waals surface area (Å²) in [7, 11) is -3.88. The van der Waals surface area contributed by atoms with Crippen molar-refractivity contribution in [2.75, 3.05) is 25.1 Å². The molecular formula is C20H26N4O8S. The van der Waals surface area contributed by atoms with Crippen molar-refractivity contribution in [2.24, 2.45) is 0 Å². The van der Waals surface area contributed by atoms with Gasteiger partial charge in [0.25, 0.3) is 0 Å². The van der Waals surface area contributed by atoms with E-state index >= 15 is 0 Å². The Balaban J connectivity index is 1.91. The van der Waals surface area contributed by atoms with Gasteiger partial charge in [0.15, 0.2) is 0 Å². The maximum atomic E-state index is 12.3. The van der Waals surface area contributed by atoms with Gasteiger partial charge in [-0.1, -0.05) is 0 Å². The minimum Gasteiger partial charge on any atom is -0.463 e. The first-order valence-corrected chi connectivity index (χ1v) is 11.5. The molecule has 2 rings (SSSR count). The van der Waals surface area contributed by atoms with E-state index in [0.29, 0.717) is 5.69 Å². The predicted octanol–water partition coefficient (Wildman–Crippen LogP) is 0.375. The summed E-state index contributed by atoms with van der Waals surface area (Å²) in [5.74, 6) is -1.68. The van der Waals surface area contributed by atoms with Crippen LogP contribution in [0.2, 0.25) is 0 Å². The first kappa shape index (κ1) is 25.8. The Hall–Kier alpha value is -3.45. The summed E-state index contributed by atoms with van der Waals surface area (Å²) >= 11 is 0. The van der Waals surface area contributed by atoms with Gasteiger partial charge in [0, 0.05) is 19.2 Å². The quantitative estimate of drug-likeness (QED) is 0.347. The van der Waals surface area contributed by atoms with Crippen molar-refractivity contribution in [2.45, 2.75) is 38.1 Å². The van der Waals surface area contributed by atoms with E-state index in [2.05, 4.69) is 20.7 Å². The fraction of sp³-hybridized carbons (Fsp3) is 0.400. The molecule has 1 aromatic rings. The molecule has 1 atom stereocenters. The smallest absolute Gasteiger partial charge is 0.338 e. The summed E-state index contributed by atoms with van der Waals surface area (Å²) < 4.78 is 37.0. The van der Waals surface area contributed by atoms with Gasteiger partial charge in [0.2, 0.25) is 15.9 Å². The Morgan fingerprint density at radius 1 is 1.12 bits per heavy atom. The van der Waals surface area contributed by atoms with Gasteiger partial charge in [-0.2, -0.15) is 0 Å². The highest BCUT2D eigenvalue weighted by Crippen LogP contribution is 2.16. The largest absolute Gasteiger partial charge is 0.463 e. The highest BCUT2D eigenvalue weighted by Gasteiger charge is 2.30. The third kappa shape index (κ3) is 7.57. The molecule has 1 aromatic carbocycles. The lowest BCUT2D eigenvalue weighted by molar-refractivity contribution is -0.143. The predicted molar refractivity (Wildman–Crippen MR) is 116 cm³/mol. The molecule has 3 amide bonds. The molecule has 1 heterocycles. The number of benzene rings is 1. The number of amides is 3. The fourth-order valence-electron chi connectivity index (χ4n) is 2.91. The van der Waals surface area contributed by atoms with Crippen LogP contribution in [-0.4, -0.2) is 58.1 Å². The summed E-state index contributed by atoms with van der Waals surface area (Å²) in [4.78, 5) is 46.9. The van der Waals surface area contributed by atoms with Crippen molar-refractivity contribution in [1.82, 2.24) is 15.4 Å². The van der Waals surface area contributed by atoms with Gasteiger partial charge < -0.3 is 25.4 Å². The van der Waals surface area contributed by atoms with Crippen LogP contribution in [0, 0.1) is 0 Å². The molecule has 33 heavy (non-hydrogen) atoms. The molecule has 1 aliphatic rings. The Bertz CT molecular complexity index is 1050. The normalized spacial score (nSPS) is 15.8. The lowest BCUT2D eigenvalue weighted by atomic mass is 10.0. The topological polar surface area (TPSA) is 169 Å². The number of urea groups is 1. The van der Waals surface area contributed by atoms with E-state index in [0.717, 1.165) is 0 Å². The molecule has 0 saturated carbocycles. The van der Waals surface area contributed by atoms with E-state index in [1.54, 1.807) is 13.8 Å². The minimum atomic E-state index is -3.88. The van der Waals surface area contributed by atoms with Crippen LogP contribution in [0.25, 0.3) is 0 Å². The lowest BCUT2D eigenvalue weighted by Crippen LogP contribution is -2.50. The molecule has 0 radical (unpaired) electrons. The second kappa shape index (κ2) is 11.4. The summed E-state index contributed by atoms with van der Waals surface area (Å²) in [6.45, 7) is 4.07. The number of rotatable bonds is 10. The van der Waals surface area contributed by atoms with Crippen LogP contribution < -0.4 is 20.7 Å². The monoisotopic (exact) mass is 482 g/mol. The van der Waals surface area contributed by atoms with Gasteiger partial charge in [-0.25, -0.2) is 22.7 Å². The minimum absolute atomic E-state index is 0.0411. The number of carbonyl (C=O) groups excluding carboxylic acids is 4. The van der Waals surface area contributed by atoms with E-state index in [1.165, 1.54) is 31.2 Å². The van der Waals surface area contributed by atoms with Crippen LogP contribution in [0.5, 0.6) is 0 Å². The Kier molecular flexibility index (Phi) is 8.94. The van der Waals surface area contributed by atoms with Crippen molar-refractivity contribution in [3.8, 4) is 0 Å². The van der Waals surface area contributed by atoms with Gasteiger partial charge in [0.05, 0.1) is 35.2 Å². The molecule has 4 N–H and O–H groups in total. The zero-order valence-electron chi connectivity index (χ0n) is 18.4. The maximum Gasteiger partial charge on any atom is 0.338 e. The molecule has 0 aromatic heterocycles. The van der Waals surface area contributed by atoms with Crippen LogP contribution in [0.1, 0.15) is 27.2 Å². The summed E-state index contributed by atoms with van der Waals surface area (Å²) in [5, 5.41) is 7.47. The number of nitrogens with one attached hydrogen (secondary N) is 4. The lowest BCUT2D eigenvalue weighted by Gasteiger charge is -2.26. The van der Waals surface area contributed by atoms with E-state index < -0.39 is 34.0 Å². The Morgan fingerprint density at radius 2 is 1.79 bits per heavy atom. The Labute approximate surface area is 191 Å². The van der Waals surface area contributed by atoms with Crippen LogP contribution in [-0.2, 0) is 33.9 Å². The number of anilines is 1. The highest BCUT2D eigenvalue weighted by molar-refractivity contribution is 7.89. The second-order valence-electron chi connectivity index (χ2n) is 6.95. The fourth-order valence-corrected chi connectivity index (χ4v) is 3.94. The number of esters is 2. The molecule has 13 heteroatoms. The van der Waals surface area contributed by atoms with Gasteiger partial charge in [-0.15, -0.1) is 0 Å². The summed E-state index contributed by atoms with van der Waals surface area (Å²) in [6.07, 6.45) is -0.285. The first-order chi connectivity index (χ1) is 15.5. The molecule has 1 aliphatic heterocycles. The molecule has 0 fully saturated rings. The van der Waals surface area contributed by atoms with Crippen LogP contribution in [0.4, 0.5) is 10.5 Å². The first-order valence-electron chi connectivity index (χ1n) is 10.0. The van der Waals surface area contributed by atoms with Crippen LogP contribution in [0.3, 0.4) is 0 Å². The van der Waals surface area contributed by atoms with Gasteiger partial charge in [-0.05, 0) is 38.1 Å². The number of sulfonamides is 1. The molecule has 0 spiro atoms. The maximum absolute atomic E-state index is 12.3. The Morgan fingerprint density at radius 3 is 2.39 bits per heavy atom. The van der Waals surface area contributed by atoms with Crippen molar-refractivity contribution >= 4 is 39.6 Å².